The Morgan fingerprint density at radius 2 is 1.73 bits per heavy atom. The van der Waals surface area contributed by atoms with Crippen molar-refractivity contribution in [1.29, 1.82) is 0 Å². The van der Waals surface area contributed by atoms with E-state index in [1.165, 1.54) is 38.5 Å². The first kappa shape index (κ1) is 21.0. The molecule has 0 N–H and O–H groups in total. The zero-order chi connectivity index (χ0) is 20.9. The predicted molar refractivity (Wildman–Crippen MR) is 118 cm³/mol. The fourth-order valence-electron chi connectivity index (χ4n) is 5.05. The largest absolute Gasteiger partial charge is 0.477 e. The van der Waals surface area contributed by atoms with Crippen LogP contribution in [0.3, 0.4) is 0 Å². The summed E-state index contributed by atoms with van der Waals surface area (Å²) in [5.41, 5.74) is 0.902. The van der Waals surface area contributed by atoms with Crippen LogP contribution in [0.2, 0.25) is 0 Å². The second kappa shape index (κ2) is 9.71. The van der Waals surface area contributed by atoms with Gasteiger partial charge in [0.15, 0.2) is 6.10 Å². The Hall–Kier alpha value is -2.24. The van der Waals surface area contributed by atoms with E-state index in [2.05, 4.69) is 0 Å². The van der Waals surface area contributed by atoms with E-state index in [9.17, 15) is 9.59 Å². The van der Waals surface area contributed by atoms with E-state index in [1.54, 1.807) is 0 Å². The quantitative estimate of drug-likeness (QED) is 0.743. The molecule has 1 saturated carbocycles. The summed E-state index contributed by atoms with van der Waals surface area (Å²) in [5.74, 6) is 1.48. The van der Waals surface area contributed by atoms with Crippen molar-refractivity contribution in [1.82, 2.24) is 9.80 Å². The number of fused-ring (bicyclic) bond motifs is 1. The van der Waals surface area contributed by atoms with Crippen LogP contribution in [0.1, 0.15) is 51.4 Å². The molecule has 164 valence electrons. The molecule has 6 nitrogen and oxygen atoms in total. The van der Waals surface area contributed by atoms with Crippen molar-refractivity contribution < 1.29 is 14.3 Å². The molecule has 3 aliphatic rings. The van der Waals surface area contributed by atoms with Crippen LogP contribution in [0, 0.1) is 5.92 Å². The van der Waals surface area contributed by atoms with Crippen LogP contribution >= 0.6 is 0 Å². The van der Waals surface area contributed by atoms with E-state index >= 15 is 0 Å². The average Bonchev–Trinajstić information content (AvgIpc) is 2.79. The number of anilines is 1. The van der Waals surface area contributed by atoms with E-state index in [0.717, 1.165) is 38.2 Å². The number of carbonyl (C=O) groups is 2. The fourth-order valence-corrected chi connectivity index (χ4v) is 5.05. The van der Waals surface area contributed by atoms with Crippen LogP contribution in [0.4, 0.5) is 5.69 Å². The van der Waals surface area contributed by atoms with Gasteiger partial charge in [-0.15, -0.1) is 0 Å². The topological polar surface area (TPSA) is 53.1 Å². The summed E-state index contributed by atoms with van der Waals surface area (Å²) in [7, 11) is 1.92. The van der Waals surface area contributed by atoms with Crippen molar-refractivity contribution in [3.63, 3.8) is 0 Å². The Bertz CT molecular complexity index is 741. The summed E-state index contributed by atoms with van der Waals surface area (Å²) in [4.78, 5) is 31.9. The number of likely N-dealkylation sites (N-methyl/N-ethyl adjacent to an activating group) is 1. The van der Waals surface area contributed by atoms with Gasteiger partial charge in [-0.25, -0.2) is 0 Å². The van der Waals surface area contributed by atoms with Crippen LogP contribution in [0.5, 0.6) is 5.75 Å². The molecule has 1 aromatic rings. The molecule has 1 atom stereocenters. The summed E-state index contributed by atoms with van der Waals surface area (Å²) in [6.07, 6.45) is 9.10. The molecule has 2 amide bonds. The van der Waals surface area contributed by atoms with Crippen LogP contribution < -0.4 is 9.64 Å². The highest BCUT2D eigenvalue weighted by molar-refractivity contribution is 5.86. The number of benzene rings is 1. The maximum Gasteiger partial charge on any atom is 0.265 e. The smallest absolute Gasteiger partial charge is 0.265 e. The molecule has 1 unspecified atom stereocenters. The molecule has 0 radical (unpaired) electrons. The lowest BCUT2D eigenvalue weighted by molar-refractivity contribution is -0.140. The lowest BCUT2D eigenvalue weighted by Gasteiger charge is -2.38. The number of nitrogens with zero attached hydrogens (tertiary/aromatic N) is 3. The van der Waals surface area contributed by atoms with Crippen molar-refractivity contribution in [2.75, 3.05) is 44.7 Å². The van der Waals surface area contributed by atoms with Crippen molar-refractivity contribution in [3.8, 4) is 5.75 Å². The van der Waals surface area contributed by atoms with Crippen molar-refractivity contribution >= 4 is 17.5 Å². The number of hydrogen-bond acceptors (Lipinski definition) is 4. The highest BCUT2D eigenvalue weighted by atomic mass is 16.5. The molecule has 0 bridgehead atoms. The minimum absolute atomic E-state index is 0.0530. The van der Waals surface area contributed by atoms with Gasteiger partial charge >= 0.3 is 0 Å². The molecule has 1 aromatic carbocycles. The van der Waals surface area contributed by atoms with Gasteiger partial charge in [0, 0.05) is 26.7 Å². The number of ether oxygens (including phenoxy) is 1. The zero-order valence-corrected chi connectivity index (χ0v) is 18.2. The lowest BCUT2D eigenvalue weighted by atomic mass is 9.89. The number of amides is 2. The number of rotatable bonds is 5. The molecule has 4 rings (SSSR count). The number of likely N-dealkylation sites (tertiary alicyclic amines) is 1. The van der Waals surface area contributed by atoms with Gasteiger partial charge in [0.25, 0.3) is 5.91 Å². The Morgan fingerprint density at radius 1 is 1.03 bits per heavy atom. The highest BCUT2D eigenvalue weighted by Crippen LogP contribution is 2.34. The molecular formula is C24H35N3O3. The molecule has 2 heterocycles. The maximum absolute atomic E-state index is 13.1. The second-order valence-electron chi connectivity index (χ2n) is 9.12. The first-order valence-electron chi connectivity index (χ1n) is 11.6. The Balaban J connectivity index is 1.42. The van der Waals surface area contributed by atoms with Crippen LogP contribution in [-0.2, 0) is 9.59 Å². The van der Waals surface area contributed by atoms with Crippen molar-refractivity contribution in [2.45, 2.75) is 57.5 Å². The predicted octanol–water partition coefficient (Wildman–Crippen LogP) is 3.31. The summed E-state index contributed by atoms with van der Waals surface area (Å²) in [5, 5.41) is 0. The number of para-hydroxylation sites is 2. The molecule has 6 heteroatoms. The summed E-state index contributed by atoms with van der Waals surface area (Å²) in [6.45, 7) is 3.16. The van der Waals surface area contributed by atoms with Gasteiger partial charge in [0.05, 0.1) is 18.8 Å². The molecule has 2 aliphatic heterocycles. The van der Waals surface area contributed by atoms with E-state index in [4.69, 9.17) is 4.74 Å². The first-order valence-corrected chi connectivity index (χ1v) is 11.6. The van der Waals surface area contributed by atoms with Crippen molar-refractivity contribution in [2.24, 2.45) is 5.92 Å². The molecule has 0 spiro atoms. The number of hydrogen-bond donors (Lipinski definition) is 0. The third kappa shape index (κ3) is 4.90. The lowest BCUT2D eigenvalue weighted by Crippen LogP contribution is -2.53. The minimum Gasteiger partial charge on any atom is -0.477 e. The molecule has 30 heavy (non-hydrogen) atoms. The maximum atomic E-state index is 13.1. The van der Waals surface area contributed by atoms with Gasteiger partial charge in [-0.2, -0.15) is 0 Å². The summed E-state index contributed by atoms with van der Waals surface area (Å²) >= 11 is 0. The van der Waals surface area contributed by atoms with E-state index in [0.29, 0.717) is 18.2 Å². The molecule has 2 fully saturated rings. The van der Waals surface area contributed by atoms with Crippen LogP contribution in [0.25, 0.3) is 0 Å². The van der Waals surface area contributed by atoms with Gasteiger partial charge in [0.2, 0.25) is 5.91 Å². The van der Waals surface area contributed by atoms with E-state index in [-0.39, 0.29) is 18.4 Å². The summed E-state index contributed by atoms with van der Waals surface area (Å²) in [6, 6.07) is 7.75. The average molecular weight is 414 g/mol. The van der Waals surface area contributed by atoms with Gasteiger partial charge in [0.1, 0.15) is 5.75 Å². The fraction of sp³-hybridized carbons (Fsp3) is 0.667. The van der Waals surface area contributed by atoms with Gasteiger partial charge in [-0.05, 0) is 50.2 Å². The normalized spacial score (nSPS) is 22.2. The Morgan fingerprint density at radius 3 is 2.50 bits per heavy atom. The van der Waals surface area contributed by atoms with E-state index in [1.807, 2.05) is 46.0 Å². The van der Waals surface area contributed by atoms with Gasteiger partial charge in [-0.1, -0.05) is 31.4 Å². The molecular weight excluding hydrogens is 378 g/mol. The third-order valence-electron chi connectivity index (χ3n) is 6.81. The van der Waals surface area contributed by atoms with Crippen LogP contribution in [0.15, 0.2) is 24.3 Å². The highest BCUT2D eigenvalue weighted by Gasteiger charge is 2.35. The Kier molecular flexibility index (Phi) is 6.80. The minimum atomic E-state index is -0.547. The first-order chi connectivity index (χ1) is 14.6. The zero-order valence-electron chi connectivity index (χ0n) is 18.2. The Labute approximate surface area is 180 Å². The molecule has 0 aromatic heterocycles. The van der Waals surface area contributed by atoms with Crippen LogP contribution in [-0.4, -0.2) is 67.5 Å². The molecule has 1 saturated heterocycles. The summed E-state index contributed by atoms with van der Waals surface area (Å²) < 4.78 is 6.08. The monoisotopic (exact) mass is 413 g/mol. The standard InChI is InChI=1S/C24H35N3O3/c1-25(16-19-10-4-2-5-11-19)23(28)18-27-17-22(24(29)26-14-8-3-9-15-26)30-21-13-7-6-12-20(21)27/h6-7,12-13,19,22H,2-5,8-11,14-18H2,1H3. The van der Waals surface area contributed by atoms with Crippen molar-refractivity contribution in [3.05, 3.63) is 24.3 Å². The van der Waals surface area contributed by atoms with Gasteiger partial charge in [-0.3, -0.25) is 9.59 Å². The SMILES string of the molecule is CN(CC1CCCCC1)C(=O)CN1CC(C(=O)N2CCCCC2)Oc2ccccc21. The number of carbonyl (C=O) groups excluding carboxylic acids is 2. The van der Waals surface area contributed by atoms with Gasteiger partial charge < -0.3 is 19.4 Å². The second-order valence-corrected chi connectivity index (χ2v) is 9.12. The third-order valence-corrected chi connectivity index (χ3v) is 6.81. The molecule has 1 aliphatic carbocycles. The number of piperidine rings is 1. The van der Waals surface area contributed by atoms with E-state index < -0.39 is 6.10 Å².